The molecule has 2 unspecified atom stereocenters. The van der Waals surface area contributed by atoms with Crippen LogP contribution in [0.1, 0.15) is 30.4 Å². The molecule has 1 aromatic rings. The third-order valence-electron chi connectivity index (χ3n) is 3.98. The second-order valence-corrected chi connectivity index (χ2v) is 5.61. The van der Waals surface area contributed by atoms with Crippen LogP contribution in [0.25, 0.3) is 0 Å². The molecule has 1 aliphatic rings. The number of hydrogen-bond donors (Lipinski definition) is 2. The van der Waals surface area contributed by atoms with Gasteiger partial charge in [-0.2, -0.15) is 0 Å². The van der Waals surface area contributed by atoms with Crippen LogP contribution >= 0.6 is 0 Å². The third kappa shape index (κ3) is 3.83. The van der Waals surface area contributed by atoms with E-state index in [-0.39, 0.29) is 17.7 Å². The smallest absolute Gasteiger partial charge is 0.306 e. The second kappa shape index (κ2) is 6.55. The first-order valence-corrected chi connectivity index (χ1v) is 7.11. The van der Waals surface area contributed by atoms with Gasteiger partial charge in [-0.1, -0.05) is 36.2 Å². The Bertz CT molecular complexity index is 498. The first-order valence-electron chi connectivity index (χ1n) is 7.11. The van der Waals surface area contributed by atoms with Crippen LogP contribution in [0.5, 0.6) is 0 Å². The molecular formula is C16H21NO3. The van der Waals surface area contributed by atoms with Gasteiger partial charge in [0.2, 0.25) is 5.91 Å². The van der Waals surface area contributed by atoms with Gasteiger partial charge in [-0.15, -0.1) is 0 Å². The Morgan fingerprint density at radius 2 is 2.15 bits per heavy atom. The number of hydrogen-bond acceptors (Lipinski definition) is 2. The molecule has 0 aliphatic heterocycles. The van der Waals surface area contributed by atoms with E-state index in [0.717, 1.165) is 30.4 Å². The molecule has 0 saturated heterocycles. The lowest BCUT2D eigenvalue weighted by molar-refractivity contribution is -0.143. The number of carboxylic acid groups (broad SMARTS) is 1. The second-order valence-electron chi connectivity index (χ2n) is 5.61. The molecule has 0 heterocycles. The average Bonchev–Trinajstić information content (AvgIpc) is 2.85. The van der Waals surface area contributed by atoms with E-state index >= 15 is 0 Å². The van der Waals surface area contributed by atoms with E-state index in [1.807, 2.05) is 31.2 Å². The van der Waals surface area contributed by atoms with Crippen molar-refractivity contribution in [2.24, 2.45) is 11.8 Å². The van der Waals surface area contributed by atoms with Gasteiger partial charge in [0.25, 0.3) is 0 Å². The summed E-state index contributed by atoms with van der Waals surface area (Å²) in [5.74, 6) is -0.990. The molecule has 1 amide bonds. The van der Waals surface area contributed by atoms with Crippen molar-refractivity contribution in [3.05, 3.63) is 35.4 Å². The minimum atomic E-state index is -0.736. The minimum Gasteiger partial charge on any atom is -0.481 e. The molecule has 0 bridgehead atoms. The highest BCUT2D eigenvalue weighted by molar-refractivity contribution is 5.78. The van der Waals surface area contributed by atoms with Crippen LogP contribution in [0.4, 0.5) is 0 Å². The van der Waals surface area contributed by atoms with Gasteiger partial charge >= 0.3 is 5.97 Å². The summed E-state index contributed by atoms with van der Waals surface area (Å²) >= 11 is 0. The third-order valence-corrected chi connectivity index (χ3v) is 3.98. The Morgan fingerprint density at radius 3 is 2.85 bits per heavy atom. The van der Waals surface area contributed by atoms with Crippen molar-refractivity contribution < 1.29 is 14.7 Å². The fraction of sp³-hybridized carbons (Fsp3) is 0.500. The zero-order chi connectivity index (χ0) is 14.5. The summed E-state index contributed by atoms with van der Waals surface area (Å²) in [5, 5.41) is 12.0. The summed E-state index contributed by atoms with van der Waals surface area (Å²) in [6.07, 6.45) is 2.91. The lowest BCUT2D eigenvalue weighted by Crippen LogP contribution is -2.33. The summed E-state index contributed by atoms with van der Waals surface area (Å²) in [4.78, 5) is 23.0. The van der Waals surface area contributed by atoms with E-state index in [1.165, 1.54) is 0 Å². The maximum absolute atomic E-state index is 11.9. The molecule has 4 nitrogen and oxygen atoms in total. The van der Waals surface area contributed by atoms with Crippen molar-refractivity contribution in [1.82, 2.24) is 5.32 Å². The molecule has 2 rings (SSSR count). The quantitative estimate of drug-likeness (QED) is 0.865. The van der Waals surface area contributed by atoms with E-state index in [1.54, 1.807) is 0 Å². The molecule has 108 valence electrons. The lowest BCUT2D eigenvalue weighted by Gasteiger charge is -2.16. The Hall–Kier alpha value is -1.84. The standard InChI is InChI=1S/C16H21NO3/c1-11-4-2-5-12(8-11)9-15(18)17-10-13-6-3-7-14(13)16(19)20/h2,4-5,8,13-14H,3,6-7,9-10H2,1H3,(H,17,18)(H,19,20). The highest BCUT2D eigenvalue weighted by Gasteiger charge is 2.32. The topological polar surface area (TPSA) is 66.4 Å². The zero-order valence-electron chi connectivity index (χ0n) is 11.8. The summed E-state index contributed by atoms with van der Waals surface area (Å²) in [7, 11) is 0. The largest absolute Gasteiger partial charge is 0.481 e. The van der Waals surface area contributed by atoms with E-state index < -0.39 is 5.97 Å². The molecule has 1 saturated carbocycles. The first-order chi connectivity index (χ1) is 9.56. The number of rotatable bonds is 5. The molecule has 20 heavy (non-hydrogen) atoms. The number of nitrogens with one attached hydrogen (secondary N) is 1. The predicted molar refractivity (Wildman–Crippen MR) is 76.4 cm³/mol. The molecule has 1 aliphatic carbocycles. The summed E-state index contributed by atoms with van der Waals surface area (Å²) in [6, 6.07) is 7.87. The first kappa shape index (κ1) is 14.6. The van der Waals surface area contributed by atoms with Gasteiger partial charge in [0, 0.05) is 6.54 Å². The van der Waals surface area contributed by atoms with E-state index in [0.29, 0.717) is 13.0 Å². The zero-order valence-corrected chi connectivity index (χ0v) is 11.8. The molecule has 2 atom stereocenters. The van der Waals surface area contributed by atoms with Gasteiger partial charge in [-0.3, -0.25) is 9.59 Å². The number of aliphatic carboxylic acids is 1. The molecule has 2 N–H and O–H groups in total. The van der Waals surface area contributed by atoms with Gasteiger partial charge in [0.15, 0.2) is 0 Å². The molecule has 1 fully saturated rings. The Labute approximate surface area is 119 Å². The average molecular weight is 275 g/mol. The van der Waals surface area contributed by atoms with Crippen molar-refractivity contribution in [2.75, 3.05) is 6.54 Å². The fourth-order valence-corrected chi connectivity index (χ4v) is 2.92. The van der Waals surface area contributed by atoms with Crippen molar-refractivity contribution in [2.45, 2.75) is 32.6 Å². The van der Waals surface area contributed by atoms with Crippen LogP contribution in [0.3, 0.4) is 0 Å². The van der Waals surface area contributed by atoms with Crippen LogP contribution in [0.15, 0.2) is 24.3 Å². The maximum atomic E-state index is 11.9. The molecule has 0 spiro atoms. The number of amides is 1. The molecular weight excluding hydrogens is 254 g/mol. The summed E-state index contributed by atoms with van der Waals surface area (Å²) < 4.78 is 0. The van der Waals surface area contributed by atoms with Crippen molar-refractivity contribution in [3.8, 4) is 0 Å². The van der Waals surface area contributed by atoms with Gasteiger partial charge in [0.05, 0.1) is 12.3 Å². The molecule has 1 aromatic carbocycles. The normalized spacial score (nSPS) is 21.6. The predicted octanol–water partition coefficient (Wildman–Crippen LogP) is 2.15. The Kier molecular flexibility index (Phi) is 4.77. The van der Waals surface area contributed by atoms with E-state index in [9.17, 15) is 9.59 Å². The highest BCUT2D eigenvalue weighted by Crippen LogP contribution is 2.31. The number of carbonyl (C=O) groups excluding carboxylic acids is 1. The van der Waals surface area contributed by atoms with Crippen molar-refractivity contribution in [1.29, 1.82) is 0 Å². The van der Waals surface area contributed by atoms with Crippen LogP contribution in [0, 0.1) is 18.8 Å². The molecule has 0 radical (unpaired) electrons. The van der Waals surface area contributed by atoms with Crippen LogP contribution in [-0.4, -0.2) is 23.5 Å². The Morgan fingerprint density at radius 1 is 1.35 bits per heavy atom. The van der Waals surface area contributed by atoms with Gasteiger partial charge in [-0.25, -0.2) is 0 Å². The minimum absolute atomic E-state index is 0.0355. The summed E-state index contributed by atoms with van der Waals surface area (Å²) in [6.45, 7) is 2.47. The van der Waals surface area contributed by atoms with Gasteiger partial charge < -0.3 is 10.4 Å². The number of carboxylic acids is 1. The molecule has 0 aromatic heterocycles. The van der Waals surface area contributed by atoms with Crippen LogP contribution < -0.4 is 5.32 Å². The SMILES string of the molecule is Cc1cccc(CC(=O)NCC2CCCC2C(=O)O)c1. The van der Waals surface area contributed by atoms with Crippen molar-refractivity contribution in [3.63, 3.8) is 0 Å². The van der Waals surface area contributed by atoms with Gasteiger partial charge in [0.1, 0.15) is 0 Å². The molecule has 4 heteroatoms. The maximum Gasteiger partial charge on any atom is 0.306 e. The van der Waals surface area contributed by atoms with Crippen LogP contribution in [-0.2, 0) is 16.0 Å². The number of benzene rings is 1. The van der Waals surface area contributed by atoms with Crippen molar-refractivity contribution >= 4 is 11.9 Å². The number of aryl methyl sites for hydroxylation is 1. The highest BCUT2D eigenvalue weighted by atomic mass is 16.4. The van der Waals surface area contributed by atoms with E-state index in [4.69, 9.17) is 5.11 Å². The van der Waals surface area contributed by atoms with Crippen LogP contribution in [0.2, 0.25) is 0 Å². The van der Waals surface area contributed by atoms with E-state index in [2.05, 4.69) is 5.32 Å². The number of carbonyl (C=O) groups is 2. The van der Waals surface area contributed by atoms with Gasteiger partial charge in [-0.05, 0) is 31.2 Å². The Balaban J connectivity index is 1.82. The lowest BCUT2D eigenvalue weighted by atomic mass is 9.96. The monoisotopic (exact) mass is 275 g/mol. The fourth-order valence-electron chi connectivity index (χ4n) is 2.92. The summed E-state index contributed by atoms with van der Waals surface area (Å²) in [5.41, 5.74) is 2.13.